The van der Waals surface area contributed by atoms with Crippen LogP contribution in [0.4, 0.5) is 10.1 Å². The third kappa shape index (κ3) is 6.37. The number of anilines is 1. The van der Waals surface area contributed by atoms with Crippen LogP contribution in [0.25, 0.3) is 0 Å². The zero-order valence-electron chi connectivity index (χ0n) is 16.7. The molecule has 2 rings (SSSR count). The van der Waals surface area contributed by atoms with Gasteiger partial charge in [-0.05, 0) is 31.5 Å². The second-order valence-corrected chi connectivity index (χ2v) is 6.24. The van der Waals surface area contributed by atoms with Crippen molar-refractivity contribution in [3.63, 3.8) is 0 Å². The number of aliphatic imine (C=N–C) groups is 1. The minimum atomic E-state index is -0.188. The zero-order chi connectivity index (χ0) is 19.1. The van der Waals surface area contributed by atoms with Gasteiger partial charge in [-0.1, -0.05) is 6.07 Å². The van der Waals surface area contributed by atoms with Gasteiger partial charge in [0.05, 0.1) is 11.9 Å². The number of aromatic nitrogens is 2. The highest BCUT2D eigenvalue weighted by Crippen LogP contribution is 2.20. The van der Waals surface area contributed by atoms with Crippen LogP contribution < -0.4 is 10.2 Å². The summed E-state index contributed by atoms with van der Waals surface area (Å²) in [5.74, 6) is 0.564. The number of nitrogens with zero attached hydrogens (tertiary/aromatic N) is 5. The van der Waals surface area contributed by atoms with E-state index in [0.29, 0.717) is 18.8 Å². The highest BCUT2D eigenvalue weighted by atomic mass is 127. The van der Waals surface area contributed by atoms with Crippen LogP contribution in [-0.4, -0.2) is 47.8 Å². The van der Waals surface area contributed by atoms with Crippen LogP contribution in [0.5, 0.6) is 0 Å². The number of rotatable bonds is 7. The van der Waals surface area contributed by atoms with Gasteiger partial charge in [0, 0.05) is 59.1 Å². The molecule has 0 amide bonds. The van der Waals surface area contributed by atoms with Crippen LogP contribution in [0.2, 0.25) is 0 Å². The molecule has 2 aromatic rings. The van der Waals surface area contributed by atoms with Crippen LogP contribution in [0.15, 0.2) is 35.6 Å². The van der Waals surface area contributed by atoms with Crippen molar-refractivity contribution in [1.82, 2.24) is 20.0 Å². The molecular formula is C19H30FIN6. The molecule has 0 bridgehead atoms. The fourth-order valence-corrected chi connectivity index (χ4v) is 2.95. The zero-order valence-corrected chi connectivity index (χ0v) is 19.1. The first kappa shape index (κ1) is 23.2. The first-order valence-corrected chi connectivity index (χ1v) is 8.91. The molecule has 0 spiro atoms. The molecule has 0 saturated heterocycles. The number of hydrogen-bond acceptors (Lipinski definition) is 3. The Morgan fingerprint density at radius 3 is 2.48 bits per heavy atom. The van der Waals surface area contributed by atoms with E-state index in [-0.39, 0.29) is 29.8 Å². The van der Waals surface area contributed by atoms with Crippen LogP contribution in [0.3, 0.4) is 0 Å². The molecule has 8 heteroatoms. The van der Waals surface area contributed by atoms with E-state index in [2.05, 4.69) is 15.4 Å². The Morgan fingerprint density at radius 2 is 1.96 bits per heavy atom. The summed E-state index contributed by atoms with van der Waals surface area (Å²) < 4.78 is 16.2. The summed E-state index contributed by atoms with van der Waals surface area (Å²) in [6, 6.07) is 5.40. The smallest absolute Gasteiger partial charge is 0.193 e. The summed E-state index contributed by atoms with van der Waals surface area (Å²) in [4.78, 5) is 8.32. The molecule has 1 N–H and O–H groups in total. The Labute approximate surface area is 178 Å². The van der Waals surface area contributed by atoms with Crippen molar-refractivity contribution in [2.45, 2.75) is 26.9 Å². The third-order valence-corrected chi connectivity index (χ3v) is 4.32. The summed E-state index contributed by atoms with van der Waals surface area (Å²) in [6.07, 6.45) is 3.82. The van der Waals surface area contributed by atoms with Crippen molar-refractivity contribution in [3.8, 4) is 0 Å². The van der Waals surface area contributed by atoms with E-state index in [1.807, 2.05) is 62.3 Å². The van der Waals surface area contributed by atoms with Gasteiger partial charge in [-0.3, -0.25) is 9.67 Å². The number of aryl methyl sites for hydroxylation is 1. The van der Waals surface area contributed by atoms with E-state index in [0.717, 1.165) is 30.2 Å². The van der Waals surface area contributed by atoms with Crippen LogP contribution in [-0.2, 0) is 20.1 Å². The molecule has 27 heavy (non-hydrogen) atoms. The number of halogens is 2. The highest BCUT2D eigenvalue weighted by molar-refractivity contribution is 14.0. The van der Waals surface area contributed by atoms with Gasteiger partial charge in [0.1, 0.15) is 5.82 Å². The van der Waals surface area contributed by atoms with E-state index >= 15 is 0 Å². The molecule has 6 nitrogen and oxygen atoms in total. The van der Waals surface area contributed by atoms with E-state index < -0.39 is 0 Å². The number of guanidine groups is 1. The monoisotopic (exact) mass is 488 g/mol. The van der Waals surface area contributed by atoms with Crippen molar-refractivity contribution < 1.29 is 4.39 Å². The molecule has 0 radical (unpaired) electrons. The van der Waals surface area contributed by atoms with E-state index in [4.69, 9.17) is 0 Å². The maximum absolute atomic E-state index is 14.4. The summed E-state index contributed by atoms with van der Waals surface area (Å²) in [5.41, 5.74) is 2.64. The molecule has 0 atom stereocenters. The topological polar surface area (TPSA) is 48.7 Å². The average Bonchev–Trinajstić information content (AvgIpc) is 3.03. The maximum atomic E-state index is 14.4. The minimum absolute atomic E-state index is 0. The lowest BCUT2D eigenvalue weighted by Crippen LogP contribution is -2.38. The molecule has 0 unspecified atom stereocenters. The van der Waals surface area contributed by atoms with Gasteiger partial charge in [-0.2, -0.15) is 5.10 Å². The predicted molar refractivity (Wildman–Crippen MR) is 120 cm³/mol. The molecule has 1 aromatic carbocycles. The summed E-state index contributed by atoms with van der Waals surface area (Å²) >= 11 is 0. The fourth-order valence-electron chi connectivity index (χ4n) is 2.95. The Kier molecular flexibility index (Phi) is 9.54. The quantitative estimate of drug-likeness (QED) is 0.370. The molecule has 0 aliphatic rings. The van der Waals surface area contributed by atoms with E-state index in [1.165, 1.54) is 0 Å². The first-order valence-electron chi connectivity index (χ1n) is 8.91. The van der Waals surface area contributed by atoms with Crippen LogP contribution in [0.1, 0.15) is 25.0 Å². The van der Waals surface area contributed by atoms with Crippen molar-refractivity contribution in [1.29, 1.82) is 0 Å². The summed E-state index contributed by atoms with van der Waals surface area (Å²) in [7, 11) is 5.60. The summed E-state index contributed by atoms with van der Waals surface area (Å²) in [6.45, 7) is 6.84. The minimum Gasteiger partial charge on any atom is -0.370 e. The number of hydrogen-bond donors (Lipinski definition) is 1. The molecule has 0 aliphatic carbocycles. The molecule has 150 valence electrons. The lowest BCUT2D eigenvalue weighted by Gasteiger charge is -2.23. The van der Waals surface area contributed by atoms with Gasteiger partial charge >= 0.3 is 0 Å². The van der Waals surface area contributed by atoms with Gasteiger partial charge < -0.3 is 15.1 Å². The SMILES string of the molecule is CCN(CC)c1ccc(CNC(=NC)N(C)Cc2cnn(C)c2)cc1F.I. The van der Waals surface area contributed by atoms with E-state index in [1.54, 1.807) is 17.8 Å². The molecule has 0 aliphatic heterocycles. The third-order valence-electron chi connectivity index (χ3n) is 4.32. The maximum Gasteiger partial charge on any atom is 0.193 e. The van der Waals surface area contributed by atoms with Gasteiger partial charge in [0.25, 0.3) is 0 Å². The van der Waals surface area contributed by atoms with Gasteiger partial charge in [0.2, 0.25) is 0 Å². The average molecular weight is 488 g/mol. The van der Waals surface area contributed by atoms with Gasteiger partial charge in [-0.25, -0.2) is 4.39 Å². The molecule has 0 saturated carbocycles. The van der Waals surface area contributed by atoms with Gasteiger partial charge in [-0.15, -0.1) is 24.0 Å². The lowest BCUT2D eigenvalue weighted by molar-refractivity contribution is 0.476. The van der Waals surface area contributed by atoms with Gasteiger partial charge in [0.15, 0.2) is 5.96 Å². The molecule has 1 heterocycles. The van der Waals surface area contributed by atoms with Crippen molar-refractivity contribution in [2.75, 3.05) is 32.1 Å². The van der Waals surface area contributed by atoms with Crippen molar-refractivity contribution in [2.24, 2.45) is 12.0 Å². The Balaban J connectivity index is 0.00000364. The van der Waals surface area contributed by atoms with Crippen molar-refractivity contribution >= 4 is 35.6 Å². The standard InChI is InChI=1S/C19H29FN6.HI/c1-6-26(7-2)18-9-8-15(10-17(18)20)11-22-19(21-3)24(4)13-16-12-23-25(5)14-16;/h8-10,12,14H,6-7,11,13H2,1-5H3,(H,21,22);1H. The molecule has 0 fully saturated rings. The Morgan fingerprint density at radius 1 is 1.26 bits per heavy atom. The first-order chi connectivity index (χ1) is 12.5. The van der Waals surface area contributed by atoms with Crippen LogP contribution in [0, 0.1) is 5.82 Å². The second kappa shape index (κ2) is 11.1. The normalized spacial score (nSPS) is 11.1. The highest BCUT2D eigenvalue weighted by Gasteiger charge is 2.11. The number of nitrogens with one attached hydrogen (secondary N) is 1. The Bertz CT molecular complexity index is 742. The largest absolute Gasteiger partial charge is 0.370 e. The number of benzene rings is 1. The Hall–Kier alpha value is -1.84. The molecule has 1 aromatic heterocycles. The predicted octanol–water partition coefficient (Wildman–Crippen LogP) is 3.23. The van der Waals surface area contributed by atoms with E-state index in [9.17, 15) is 4.39 Å². The lowest BCUT2D eigenvalue weighted by atomic mass is 10.2. The van der Waals surface area contributed by atoms with Crippen LogP contribution >= 0.6 is 24.0 Å². The fraction of sp³-hybridized carbons (Fsp3) is 0.474. The summed E-state index contributed by atoms with van der Waals surface area (Å²) in [5, 5.41) is 7.46. The molecular weight excluding hydrogens is 458 g/mol. The van der Waals surface area contributed by atoms with Crippen molar-refractivity contribution in [3.05, 3.63) is 47.5 Å². The second-order valence-electron chi connectivity index (χ2n) is 6.24.